The lowest BCUT2D eigenvalue weighted by Gasteiger charge is -2.30. The maximum atomic E-state index is 10.9. The van der Waals surface area contributed by atoms with E-state index in [0.29, 0.717) is 6.42 Å². The first-order valence-corrected chi connectivity index (χ1v) is 7.43. The second-order valence-corrected chi connectivity index (χ2v) is 5.61. The number of nitriles is 1. The molecule has 1 aromatic rings. The van der Waals surface area contributed by atoms with Crippen LogP contribution < -0.4 is 5.32 Å². The number of nitrogens with zero attached hydrogens (tertiary/aromatic N) is 2. The molecule has 2 atom stereocenters. The molecule has 0 amide bonds. The number of piperidine rings is 1. The lowest BCUT2D eigenvalue weighted by Crippen LogP contribution is -2.38. The van der Waals surface area contributed by atoms with Gasteiger partial charge in [0.25, 0.3) is 0 Å². The van der Waals surface area contributed by atoms with Gasteiger partial charge in [-0.25, -0.2) is 0 Å². The highest BCUT2D eigenvalue weighted by Gasteiger charge is 2.27. The Morgan fingerprint density at radius 2 is 2.43 bits per heavy atom. The zero-order valence-corrected chi connectivity index (χ0v) is 12.0. The molecule has 0 aliphatic carbocycles. The van der Waals surface area contributed by atoms with E-state index in [1.54, 1.807) is 0 Å². The minimum Gasteiger partial charge on any atom is -0.481 e. The van der Waals surface area contributed by atoms with E-state index in [2.05, 4.69) is 16.5 Å². The summed E-state index contributed by atoms with van der Waals surface area (Å²) in [6.07, 6.45) is 3.87. The number of hydrogen-bond donors (Lipinski definition) is 2. The highest BCUT2D eigenvalue weighted by molar-refractivity contribution is 5.67. The molecular formula is C15H21N3O3. The lowest BCUT2D eigenvalue weighted by molar-refractivity contribution is -0.138. The average Bonchev–Trinajstić information content (AvgIpc) is 2.88. The van der Waals surface area contributed by atoms with Gasteiger partial charge in [0.05, 0.1) is 11.8 Å². The summed E-state index contributed by atoms with van der Waals surface area (Å²) >= 11 is 0. The molecule has 1 aliphatic heterocycles. The smallest absolute Gasteiger partial charge is 0.303 e. The van der Waals surface area contributed by atoms with Crippen molar-refractivity contribution in [2.75, 3.05) is 13.1 Å². The van der Waals surface area contributed by atoms with E-state index in [1.165, 1.54) is 0 Å². The van der Waals surface area contributed by atoms with E-state index in [-0.39, 0.29) is 18.3 Å². The Hall–Kier alpha value is -1.87. The number of aliphatic carboxylic acids is 1. The summed E-state index contributed by atoms with van der Waals surface area (Å²) in [6.45, 7) is 1.71. The number of carbonyl (C=O) groups is 1. The van der Waals surface area contributed by atoms with Gasteiger partial charge in [0, 0.05) is 25.3 Å². The third-order valence-corrected chi connectivity index (χ3v) is 3.99. The number of carboxylic acid groups (broad SMARTS) is 1. The van der Waals surface area contributed by atoms with Crippen LogP contribution in [0.3, 0.4) is 0 Å². The molecule has 2 heterocycles. The van der Waals surface area contributed by atoms with Crippen molar-refractivity contribution in [1.29, 1.82) is 5.26 Å². The Bertz CT molecular complexity index is 507. The van der Waals surface area contributed by atoms with Gasteiger partial charge in [0.2, 0.25) is 0 Å². The monoisotopic (exact) mass is 291 g/mol. The molecule has 1 aliphatic rings. The topological polar surface area (TPSA) is 99.2 Å². The molecule has 0 saturated carbocycles. The van der Waals surface area contributed by atoms with Gasteiger partial charge < -0.3 is 14.9 Å². The molecule has 0 unspecified atom stereocenters. The first kappa shape index (κ1) is 15.5. The average molecular weight is 291 g/mol. The molecule has 1 saturated heterocycles. The number of nitrogens with one attached hydrogen (secondary N) is 1. The molecule has 6 heteroatoms. The Balaban J connectivity index is 1.89. The zero-order valence-electron chi connectivity index (χ0n) is 12.0. The van der Waals surface area contributed by atoms with Gasteiger partial charge >= 0.3 is 5.97 Å². The molecule has 21 heavy (non-hydrogen) atoms. The molecule has 6 nitrogen and oxygen atoms in total. The number of unbranched alkanes of at least 4 members (excludes halogenated alkanes) is 1. The maximum absolute atomic E-state index is 10.9. The first-order chi connectivity index (χ1) is 10.2. The van der Waals surface area contributed by atoms with E-state index in [0.717, 1.165) is 50.2 Å². The summed E-state index contributed by atoms with van der Waals surface area (Å²) in [5, 5.41) is 24.9. The second-order valence-electron chi connectivity index (χ2n) is 5.61. The molecule has 1 fully saturated rings. The summed E-state index contributed by atoms with van der Waals surface area (Å²) in [5.41, 5.74) is 0.881. The fourth-order valence-corrected chi connectivity index (χ4v) is 2.89. The molecular weight excluding hydrogens is 270 g/mol. The largest absolute Gasteiger partial charge is 0.481 e. The normalized spacial score (nSPS) is 21.9. The van der Waals surface area contributed by atoms with Crippen molar-refractivity contribution >= 4 is 5.97 Å². The fraction of sp³-hybridized carbons (Fsp3) is 0.667. The van der Waals surface area contributed by atoms with Crippen molar-refractivity contribution in [3.8, 4) is 6.07 Å². The summed E-state index contributed by atoms with van der Waals surface area (Å²) in [6, 6.07) is 4.04. The Labute approximate surface area is 124 Å². The molecule has 114 valence electrons. The number of aryl methyl sites for hydroxylation is 1. The van der Waals surface area contributed by atoms with Crippen LogP contribution in [0, 0.1) is 23.2 Å². The van der Waals surface area contributed by atoms with Crippen molar-refractivity contribution in [3.05, 3.63) is 17.5 Å². The van der Waals surface area contributed by atoms with Crippen LogP contribution in [0.4, 0.5) is 0 Å². The van der Waals surface area contributed by atoms with Gasteiger partial charge in [-0.15, -0.1) is 0 Å². The van der Waals surface area contributed by atoms with Crippen molar-refractivity contribution in [3.63, 3.8) is 0 Å². The van der Waals surface area contributed by atoms with Crippen LogP contribution in [-0.4, -0.2) is 29.3 Å². The first-order valence-electron chi connectivity index (χ1n) is 7.43. The quantitative estimate of drug-likeness (QED) is 0.743. The summed E-state index contributed by atoms with van der Waals surface area (Å²) in [4.78, 5) is 10.9. The summed E-state index contributed by atoms with van der Waals surface area (Å²) in [5.74, 6) is 0.553. The SMILES string of the molecule is N#CCCCc1cc(C[C@@H]2CNCC[C@@H]2CC(=O)O)no1. The second kappa shape index (κ2) is 7.79. The Kier molecular flexibility index (Phi) is 5.76. The predicted octanol–water partition coefficient (Wildman–Crippen LogP) is 1.76. The summed E-state index contributed by atoms with van der Waals surface area (Å²) in [7, 11) is 0. The van der Waals surface area contributed by atoms with Gasteiger partial charge in [0.15, 0.2) is 0 Å². The molecule has 2 rings (SSSR count). The van der Waals surface area contributed by atoms with Crippen LogP contribution in [0.25, 0.3) is 0 Å². The number of aromatic nitrogens is 1. The van der Waals surface area contributed by atoms with Crippen molar-refractivity contribution in [2.45, 2.75) is 38.5 Å². The van der Waals surface area contributed by atoms with E-state index < -0.39 is 5.97 Å². The number of carboxylic acids is 1. The third kappa shape index (κ3) is 4.87. The molecule has 1 aromatic heterocycles. The molecule has 0 radical (unpaired) electrons. The maximum Gasteiger partial charge on any atom is 0.303 e. The predicted molar refractivity (Wildman–Crippen MR) is 75.5 cm³/mol. The molecule has 2 N–H and O–H groups in total. The van der Waals surface area contributed by atoms with Crippen LogP contribution >= 0.6 is 0 Å². The molecule has 0 aromatic carbocycles. The highest BCUT2D eigenvalue weighted by Crippen LogP contribution is 2.26. The van der Waals surface area contributed by atoms with E-state index in [4.69, 9.17) is 14.9 Å². The van der Waals surface area contributed by atoms with E-state index >= 15 is 0 Å². The van der Waals surface area contributed by atoms with Gasteiger partial charge in [0.1, 0.15) is 5.76 Å². The zero-order chi connectivity index (χ0) is 15.1. The van der Waals surface area contributed by atoms with Crippen LogP contribution in [0.15, 0.2) is 10.6 Å². The van der Waals surface area contributed by atoms with Gasteiger partial charge in [-0.2, -0.15) is 5.26 Å². The molecule has 0 spiro atoms. The van der Waals surface area contributed by atoms with E-state index in [9.17, 15) is 4.79 Å². The van der Waals surface area contributed by atoms with Crippen LogP contribution in [0.2, 0.25) is 0 Å². The fourth-order valence-electron chi connectivity index (χ4n) is 2.89. The minimum absolute atomic E-state index is 0.197. The van der Waals surface area contributed by atoms with Crippen LogP contribution in [0.5, 0.6) is 0 Å². The van der Waals surface area contributed by atoms with Crippen LogP contribution in [0.1, 0.15) is 37.1 Å². The summed E-state index contributed by atoms with van der Waals surface area (Å²) < 4.78 is 5.27. The van der Waals surface area contributed by atoms with E-state index in [1.807, 2.05) is 6.07 Å². The number of rotatable bonds is 7. The van der Waals surface area contributed by atoms with Crippen molar-refractivity contribution in [2.24, 2.45) is 11.8 Å². The lowest BCUT2D eigenvalue weighted by atomic mass is 9.81. The highest BCUT2D eigenvalue weighted by atomic mass is 16.5. The minimum atomic E-state index is -0.732. The Morgan fingerprint density at radius 1 is 1.57 bits per heavy atom. The number of hydrogen-bond acceptors (Lipinski definition) is 5. The van der Waals surface area contributed by atoms with Gasteiger partial charge in [-0.05, 0) is 44.2 Å². The van der Waals surface area contributed by atoms with Crippen LogP contribution in [-0.2, 0) is 17.6 Å². The van der Waals surface area contributed by atoms with Gasteiger partial charge in [-0.3, -0.25) is 4.79 Å². The Morgan fingerprint density at radius 3 is 3.19 bits per heavy atom. The molecule has 0 bridgehead atoms. The van der Waals surface area contributed by atoms with Crippen molar-refractivity contribution in [1.82, 2.24) is 10.5 Å². The standard InChI is InChI=1S/C15H21N3O3/c16-5-2-1-3-14-9-13(18-21-14)7-12-10-17-6-4-11(12)8-15(19)20/h9,11-12,17H,1-4,6-8,10H2,(H,19,20)/t11-,12-/m1/s1. The van der Waals surface area contributed by atoms with Gasteiger partial charge in [-0.1, -0.05) is 5.16 Å². The van der Waals surface area contributed by atoms with Crippen molar-refractivity contribution < 1.29 is 14.4 Å². The third-order valence-electron chi connectivity index (χ3n) is 3.99.